The lowest BCUT2D eigenvalue weighted by Crippen LogP contribution is -2.35. The van der Waals surface area contributed by atoms with Gasteiger partial charge in [-0.1, -0.05) is 18.2 Å². The monoisotopic (exact) mass is 334 g/mol. The van der Waals surface area contributed by atoms with Crippen LogP contribution >= 0.6 is 0 Å². The zero-order chi connectivity index (χ0) is 17.4. The zero-order valence-electron chi connectivity index (χ0n) is 14.1. The molecule has 1 aliphatic heterocycles. The minimum Gasteiger partial charge on any atom is -0.497 e. The van der Waals surface area contributed by atoms with Gasteiger partial charge >= 0.3 is 5.91 Å². The Morgan fingerprint density at radius 2 is 1.96 bits per heavy atom. The fourth-order valence-electron chi connectivity index (χ4n) is 3.24. The van der Waals surface area contributed by atoms with Crippen molar-refractivity contribution in [2.45, 2.75) is 19.4 Å². The largest absolute Gasteiger partial charge is 0.497 e. The highest BCUT2D eigenvalue weighted by Crippen LogP contribution is 2.33. The summed E-state index contributed by atoms with van der Waals surface area (Å²) < 4.78 is 10.9. The number of fused-ring (bicyclic) bond motifs is 1. The average molecular weight is 334 g/mol. The van der Waals surface area contributed by atoms with Crippen LogP contribution in [0.5, 0.6) is 5.75 Å². The number of aromatic nitrogens is 1. The smallest absolute Gasteiger partial charge is 0.314 e. The van der Waals surface area contributed by atoms with Crippen LogP contribution < -0.4 is 9.64 Å². The summed E-state index contributed by atoms with van der Waals surface area (Å²) in [6.45, 7) is 2.03. The number of benzene rings is 2. The number of anilines is 1. The molecule has 0 aliphatic carbocycles. The van der Waals surface area contributed by atoms with Crippen LogP contribution in [0.1, 0.15) is 23.2 Å². The van der Waals surface area contributed by atoms with Crippen LogP contribution in [0.2, 0.25) is 0 Å². The first-order valence-corrected chi connectivity index (χ1v) is 8.19. The number of rotatable bonds is 3. The van der Waals surface area contributed by atoms with Gasteiger partial charge in [0.1, 0.15) is 5.75 Å². The Morgan fingerprint density at radius 3 is 2.72 bits per heavy atom. The number of hydrogen-bond donors (Lipinski definition) is 0. The van der Waals surface area contributed by atoms with E-state index in [1.54, 1.807) is 18.2 Å². The van der Waals surface area contributed by atoms with Crippen molar-refractivity contribution >= 4 is 11.6 Å². The van der Waals surface area contributed by atoms with Crippen molar-refractivity contribution in [1.82, 2.24) is 4.98 Å². The second-order valence-corrected chi connectivity index (χ2v) is 6.12. The minimum atomic E-state index is -0.211. The topological polar surface area (TPSA) is 55.6 Å². The zero-order valence-corrected chi connectivity index (χ0v) is 14.1. The van der Waals surface area contributed by atoms with Gasteiger partial charge in [0, 0.05) is 17.3 Å². The van der Waals surface area contributed by atoms with E-state index in [4.69, 9.17) is 9.15 Å². The van der Waals surface area contributed by atoms with E-state index in [9.17, 15) is 4.79 Å². The molecule has 5 heteroatoms. The highest BCUT2D eigenvalue weighted by atomic mass is 16.5. The lowest BCUT2D eigenvalue weighted by Gasteiger charge is -2.20. The Hall–Kier alpha value is -3.08. The number of carbonyl (C=O) groups is 1. The Bertz CT molecular complexity index is 915. The standard InChI is InChI=1S/C20H18N2O3/c1-13-11-15-5-3-4-6-17(15)22(13)20(23)19-21-12-18(25-19)14-7-9-16(24-2)10-8-14/h3-10,12-13H,11H2,1-2H3. The van der Waals surface area contributed by atoms with Crippen molar-refractivity contribution in [3.63, 3.8) is 0 Å². The molecule has 1 atom stereocenters. The maximum Gasteiger partial charge on any atom is 0.314 e. The van der Waals surface area contributed by atoms with Crippen LogP contribution in [0.3, 0.4) is 0 Å². The first kappa shape index (κ1) is 15.4. The van der Waals surface area contributed by atoms with E-state index in [0.717, 1.165) is 23.4 Å². The Labute approximate surface area is 145 Å². The maximum absolute atomic E-state index is 12.9. The van der Waals surface area contributed by atoms with Crippen LogP contribution in [0, 0.1) is 0 Å². The molecule has 2 heterocycles. The Balaban J connectivity index is 1.62. The van der Waals surface area contributed by atoms with Gasteiger partial charge in [-0.05, 0) is 49.2 Å². The number of carbonyl (C=O) groups excluding carboxylic acids is 1. The summed E-state index contributed by atoms with van der Waals surface area (Å²) in [6.07, 6.45) is 2.43. The van der Waals surface area contributed by atoms with Gasteiger partial charge in [-0.25, -0.2) is 4.98 Å². The molecule has 0 bridgehead atoms. The molecular weight excluding hydrogens is 316 g/mol. The summed E-state index contributed by atoms with van der Waals surface area (Å²) in [5.74, 6) is 1.22. The lowest BCUT2D eigenvalue weighted by atomic mass is 10.1. The molecule has 0 saturated carbocycles. The molecule has 1 aliphatic rings. The van der Waals surface area contributed by atoms with Crippen molar-refractivity contribution in [1.29, 1.82) is 0 Å². The molecule has 4 rings (SSSR count). The first-order chi connectivity index (χ1) is 12.2. The van der Waals surface area contributed by atoms with Crippen LogP contribution in [0.4, 0.5) is 5.69 Å². The molecular formula is C20H18N2O3. The number of methoxy groups -OCH3 is 1. The molecule has 0 saturated heterocycles. The number of para-hydroxylation sites is 1. The van der Waals surface area contributed by atoms with Crippen LogP contribution in [0.15, 0.2) is 59.1 Å². The molecule has 1 unspecified atom stereocenters. The van der Waals surface area contributed by atoms with Crippen molar-refractivity contribution in [2.24, 2.45) is 0 Å². The average Bonchev–Trinajstić information content (AvgIpc) is 3.25. The predicted octanol–water partition coefficient (Wildman–Crippen LogP) is 3.94. The van der Waals surface area contributed by atoms with Gasteiger partial charge in [0.15, 0.2) is 5.76 Å². The number of hydrogen-bond acceptors (Lipinski definition) is 4. The SMILES string of the molecule is COc1ccc(-c2cnc(C(=O)N3c4ccccc4CC3C)o2)cc1. The van der Waals surface area contributed by atoms with E-state index in [0.29, 0.717) is 5.76 Å². The second-order valence-electron chi connectivity index (χ2n) is 6.12. The molecule has 25 heavy (non-hydrogen) atoms. The first-order valence-electron chi connectivity index (χ1n) is 8.19. The fourth-order valence-corrected chi connectivity index (χ4v) is 3.24. The number of ether oxygens (including phenoxy) is 1. The minimum absolute atomic E-state index is 0.0845. The second kappa shape index (κ2) is 6.09. The molecule has 126 valence electrons. The third-order valence-corrected chi connectivity index (χ3v) is 4.49. The summed E-state index contributed by atoms with van der Waals surface area (Å²) in [5, 5.41) is 0. The summed E-state index contributed by atoms with van der Waals surface area (Å²) in [7, 11) is 1.62. The van der Waals surface area contributed by atoms with Crippen LogP contribution in [-0.2, 0) is 6.42 Å². The fraction of sp³-hybridized carbons (Fsp3) is 0.200. The van der Waals surface area contributed by atoms with Crippen LogP contribution in [0.25, 0.3) is 11.3 Å². The Kier molecular flexibility index (Phi) is 3.76. The van der Waals surface area contributed by atoms with Gasteiger partial charge in [0.2, 0.25) is 0 Å². The number of amides is 1. The molecule has 2 aromatic carbocycles. The van der Waals surface area contributed by atoms with Crippen molar-refractivity contribution in [3.05, 3.63) is 66.2 Å². The summed E-state index contributed by atoms with van der Waals surface area (Å²) in [5.41, 5.74) is 2.96. The molecule has 1 amide bonds. The highest BCUT2D eigenvalue weighted by Gasteiger charge is 2.33. The molecule has 0 spiro atoms. The quantitative estimate of drug-likeness (QED) is 0.728. The lowest BCUT2D eigenvalue weighted by molar-refractivity contribution is 0.0948. The number of nitrogens with zero attached hydrogens (tertiary/aromatic N) is 2. The normalized spacial score (nSPS) is 15.9. The van der Waals surface area contributed by atoms with Crippen molar-refractivity contribution in [3.8, 4) is 17.1 Å². The van der Waals surface area contributed by atoms with Gasteiger partial charge in [0.05, 0.1) is 13.3 Å². The van der Waals surface area contributed by atoms with E-state index in [-0.39, 0.29) is 17.8 Å². The molecule has 3 aromatic rings. The highest BCUT2D eigenvalue weighted by molar-refractivity contribution is 6.05. The van der Waals surface area contributed by atoms with Crippen LogP contribution in [-0.4, -0.2) is 24.0 Å². The van der Waals surface area contributed by atoms with E-state index >= 15 is 0 Å². The third-order valence-electron chi connectivity index (χ3n) is 4.49. The molecule has 0 fully saturated rings. The van der Waals surface area contributed by atoms with Gasteiger partial charge in [0.25, 0.3) is 5.89 Å². The molecule has 5 nitrogen and oxygen atoms in total. The van der Waals surface area contributed by atoms with Crippen molar-refractivity contribution in [2.75, 3.05) is 12.0 Å². The molecule has 1 aromatic heterocycles. The summed E-state index contributed by atoms with van der Waals surface area (Å²) >= 11 is 0. The number of oxazole rings is 1. The van der Waals surface area contributed by atoms with E-state index in [1.807, 2.05) is 49.4 Å². The van der Waals surface area contributed by atoms with Gasteiger partial charge < -0.3 is 14.1 Å². The van der Waals surface area contributed by atoms with E-state index in [1.165, 1.54) is 5.56 Å². The van der Waals surface area contributed by atoms with Gasteiger partial charge in [-0.2, -0.15) is 0 Å². The van der Waals surface area contributed by atoms with Gasteiger partial charge in [-0.15, -0.1) is 0 Å². The molecule has 0 N–H and O–H groups in total. The predicted molar refractivity (Wildman–Crippen MR) is 94.9 cm³/mol. The van der Waals surface area contributed by atoms with Crippen molar-refractivity contribution < 1.29 is 13.9 Å². The van der Waals surface area contributed by atoms with E-state index < -0.39 is 0 Å². The summed E-state index contributed by atoms with van der Waals surface area (Å²) in [6, 6.07) is 15.5. The van der Waals surface area contributed by atoms with Gasteiger partial charge in [-0.3, -0.25) is 4.79 Å². The summed E-state index contributed by atoms with van der Waals surface area (Å²) in [4.78, 5) is 18.9. The third kappa shape index (κ3) is 2.67. The van der Waals surface area contributed by atoms with E-state index in [2.05, 4.69) is 11.1 Å². The Morgan fingerprint density at radius 1 is 1.20 bits per heavy atom. The maximum atomic E-state index is 12.9. The molecule has 0 radical (unpaired) electrons.